The quantitative estimate of drug-likeness (QED) is 0.723. The molecule has 28 heavy (non-hydrogen) atoms. The molecule has 1 aromatic heterocycles. The highest BCUT2D eigenvalue weighted by Gasteiger charge is 2.32. The van der Waals surface area contributed by atoms with E-state index in [4.69, 9.17) is 4.74 Å². The number of rotatable bonds is 3. The Labute approximate surface area is 160 Å². The van der Waals surface area contributed by atoms with Crippen molar-refractivity contribution in [1.82, 2.24) is 9.88 Å². The molecule has 1 N–H and O–H groups in total. The number of fused-ring (bicyclic) bond motifs is 1. The summed E-state index contributed by atoms with van der Waals surface area (Å²) in [5.74, 6) is 0.0505. The number of phenolic OH excluding ortho intramolecular Hbond substituents is 1. The van der Waals surface area contributed by atoms with Crippen molar-refractivity contribution >= 4 is 10.9 Å². The van der Waals surface area contributed by atoms with Crippen molar-refractivity contribution in [2.75, 3.05) is 26.3 Å². The van der Waals surface area contributed by atoms with Crippen LogP contribution in [0, 0.1) is 0 Å². The number of pyridine rings is 1. The van der Waals surface area contributed by atoms with E-state index >= 15 is 0 Å². The molecule has 1 fully saturated rings. The van der Waals surface area contributed by atoms with Gasteiger partial charge in [0, 0.05) is 30.2 Å². The smallest absolute Gasteiger partial charge is 0.416 e. The fourth-order valence-corrected chi connectivity index (χ4v) is 3.64. The summed E-state index contributed by atoms with van der Waals surface area (Å²) in [5, 5.41) is 11.7. The summed E-state index contributed by atoms with van der Waals surface area (Å²) in [6.45, 7) is 2.30. The summed E-state index contributed by atoms with van der Waals surface area (Å²) >= 11 is 0. The summed E-state index contributed by atoms with van der Waals surface area (Å²) in [4.78, 5) is 6.37. The first-order valence-corrected chi connectivity index (χ1v) is 9.01. The van der Waals surface area contributed by atoms with Crippen molar-refractivity contribution in [3.8, 4) is 5.75 Å². The van der Waals surface area contributed by atoms with E-state index in [2.05, 4.69) is 9.88 Å². The molecular weight excluding hydrogens is 369 g/mol. The fourth-order valence-electron chi connectivity index (χ4n) is 3.64. The van der Waals surface area contributed by atoms with Gasteiger partial charge in [-0.1, -0.05) is 30.3 Å². The maximum atomic E-state index is 13.0. The van der Waals surface area contributed by atoms with Crippen LogP contribution in [0.5, 0.6) is 5.75 Å². The minimum atomic E-state index is -4.39. The highest BCUT2D eigenvalue weighted by Crippen LogP contribution is 2.39. The van der Waals surface area contributed by atoms with E-state index < -0.39 is 17.8 Å². The second-order valence-electron chi connectivity index (χ2n) is 6.75. The van der Waals surface area contributed by atoms with Gasteiger partial charge in [0.15, 0.2) is 0 Å². The van der Waals surface area contributed by atoms with Crippen molar-refractivity contribution in [3.05, 3.63) is 71.4 Å². The SMILES string of the molecule is Oc1c([C@@H](c2ccc(C(F)(F)F)cc2)N2CCOCC2)ccc2cccnc12. The molecule has 0 spiro atoms. The lowest BCUT2D eigenvalue weighted by molar-refractivity contribution is -0.137. The summed E-state index contributed by atoms with van der Waals surface area (Å²) in [7, 11) is 0. The van der Waals surface area contributed by atoms with Crippen LogP contribution >= 0.6 is 0 Å². The largest absolute Gasteiger partial charge is 0.505 e. The van der Waals surface area contributed by atoms with Crippen LogP contribution in [0.1, 0.15) is 22.7 Å². The molecule has 1 aliphatic heterocycles. The van der Waals surface area contributed by atoms with Crippen LogP contribution in [0.2, 0.25) is 0 Å². The molecule has 0 saturated carbocycles. The molecule has 1 atom stereocenters. The second-order valence-corrected chi connectivity index (χ2v) is 6.75. The third-order valence-electron chi connectivity index (χ3n) is 5.04. The Morgan fingerprint density at radius 3 is 2.39 bits per heavy atom. The molecule has 0 bridgehead atoms. The Morgan fingerprint density at radius 1 is 1.00 bits per heavy atom. The van der Waals surface area contributed by atoms with Gasteiger partial charge in [-0.3, -0.25) is 9.88 Å². The topological polar surface area (TPSA) is 45.6 Å². The lowest BCUT2D eigenvalue weighted by atomic mass is 9.94. The zero-order valence-electron chi connectivity index (χ0n) is 15.0. The molecule has 2 aromatic carbocycles. The molecule has 2 heterocycles. The number of aromatic hydroxyl groups is 1. The zero-order chi connectivity index (χ0) is 19.7. The maximum absolute atomic E-state index is 13.0. The Morgan fingerprint density at radius 2 is 1.71 bits per heavy atom. The van der Waals surface area contributed by atoms with Gasteiger partial charge in [-0.2, -0.15) is 13.2 Å². The Bertz CT molecular complexity index is 968. The zero-order valence-corrected chi connectivity index (χ0v) is 15.0. The Hall–Kier alpha value is -2.64. The molecule has 0 aliphatic carbocycles. The average molecular weight is 388 g/mol. The summed E-state index contributed by atoms with van der Waals surface area (Å²) in [6, 6.07) is 12.1. The van der Waals surface area contributed by atoms with Crippen LogP contribution in [-0.4, -0.2) is 41.3 Å². The van der Waals surface area contributed by atoms with Crippen LogP contribution in [0.3, 0.4) is 0 Å². The summed E-state index contributed by atoms with van der Waals surface area (Å²) < 4.78 is 44.3. The predicted octanol–water partition coefficient (Wildman–Crippen LogP) is 4.38. The van der Waals surface area contributed by atoms with Crippen molar-refractivity contribution < 1.29 is 23.0 Å². The molecule has 1 aliphatic rings. The molecule has 146 valence electrons. The third-order valence-corrected chi connectivity index (χ3v) is 5.04. The van der Waals surface area contributed by atoms with Crippen molar-refractivity contribution in [3.63, 3.8) is 0 Å². The number of ether oxygens (including phenoxy) is 1. The number of hydrogen-bond acceptors (Lipinski definition) is 4. The summed E-state index contributed by atoms with van der Waals surface area (Å²) in [6.07, 6.45) is -2.78. The number of morpholine rings is 1. The first-order valence-electron chi connectivity index (χ1n) is 9.01. The minimum Gasteiger partial charge on any atom is -0.505 e. The van der Waals surface area contributed by atoms with Gasteiger partial charge in [-0.25, -0.2) is 0 Å². The van der Waals surface area contributed by atoms with Crippen LogP contribution < -0.4 is 0 Å². The third kappa shape index (κ3) is 3.55. The van der Waals surface area contributed by atoms with E-state index in [9.17, 15) is 18.3 Å². The molecule has 4 nitrogen and oxygen atoms in total. The van der Waals surface area contributed by atoms with E-state index in [0.29, 0.717) is 42.9 Å². The molecule has 0 unspecified atom stereocenters. The van der Waals surface area contributed by atoms with Crippen LogP contribution in [0.15, 0.2) is 54.7 Å². The number of hydrogen-bond donors (Lipinski definition) is 1. The van der Waals surface area contributed by atoms with Gasteiger partial charge < -0.3 is 9.84 Å². The Kier molecular flexibility index (Phi) is 4.95. The van der Waals surface area contributed by atoms with Gasteiger partial charge in [0.2, 0.25) is 0 Å². The van der Waals surface area contributed by atoms with E-state index in [1.54, 1.807) is 12.3 Å². The number of halogens is 3. The predicted molar refractivity (Wildman–Crippen MR) is 99.1 cm³/mol. The number of phenols is 1. The Balaban J connectivity index is 1.81. The van der Waals surface area contributed by atoms with Crippen LogP contribution in [-0.2, 0) is 10.9 Å². The van der Waals surface area contributed by atoms with Gasteiger partial charge in [-0.15, -0.1) is 0 Å². The fraction of sp³-hybridized carbons (Fsp3) is 0.286. The second kappa shape index (κ2) is 7.41. The lowest BCUT2D eigenvalue weighted by Crippen LogP contribution is -2.39. The minimum absolute atomic E-state index is 0.0505. The van der Waals surface area contributed by atoms with Gasteiger partial charge >= 0.3 is 6.18 Å². The normalized spacial score (nSPS) is 17.0. The van der Waals surface area contributed by atoms with E-state index in [1.165, 1.54) is 12.1 Å². The van der Waals surface area contributed by atoms with Gasteiger partial charge in [0.05, 0.1) is 24.8 Å². The highest BCUT2D eigenvalue weighted by atomic mass is 19.4. The highest BCUT2D eigenvalue weighted by molar-refractivity contribution is 5.85. The van der Waals surface area contributed by atoms with Crippen LogP contribution in [0.4, 0.5) is 13.2 Å². The summed E-state index contributed by atoms with van der Waals surface area (Å²) in [5.41, 5.74) is 1.08. The van der Waals surface area contributed by atoms with E-state index in [0.717, 1.165) is 17.5 Å². The van der Waals surface area contributed by atoms with E-state index in [-0.39, 0.29) is 5.75 Å². The van der Waals surface area contributed by atoms with Crippen LogP contribution in [0.25, 0.3) is 10.9 Å². The standard InChI is InChI=1S/C21H19F3N2O2/c22-21(23,24)16-6-3-15(4-7-16)19(26-10-12-28-13-11-26)17-8-5-14-2-1-9-25-18(14)20(17)27/h1-9,19,27H,10-13H2/t19-/m1/s1. The van der Waals surface area contributed by atoms with Gasteiger partial charge in [-0.05, 0) is 23.8 Å². The average Bonchev–Trinajstić information content (AvgIpc) is 2.71. The number of benzene rings is 2. The molecular formula is C21H19F3N2O2. The van der Waals surface area contributed by atoms with Gasteiger partial charge in [0.25, 0.3) is 0 Å². The van der Waals surface area contributed by atoms with Crippen molar-refractivity contribution in [1.29, 1.82) is 0 Å². The van der Waals surface area contributed by atoms with Crippen molar-refractivity contribution in [2.24, 2.45) is 0 Å². The number of aromatic nitrogens is 1. The molecule has 0 amide bonds. The van der Waals surface area contributed by atoms with Gasteiger partial charge in [0.1, 0.15) is 11.3 Å². The van der Waals surface area contributed by atoms with E-state index in [1.807, 2.05) is 18.2 Å². The first-order chi connectivity index (χ1) is 13.4. The molecule has 1 saturated heterocycles. The molecule has 3 aromatic rings. The molecule has 7 heteroatoms. The van der Waals surface area contributed by atoms with Crippen molar-refractivity contribution in [2.45, 2.75) is 12.2 Å². The first kappa shape index (κ1) is 18.7. The number of nitrogens with zero attached hydrogens (tertiary/aromatic N) is 2. The maximum Gasteiger partial charge on any atom is 0.416 e. The number of alkyl halides is 3. The molecule has 0 radical (unpaired) electrons. The monoisotopic (exact) mass is 388 g/mol. The molecule has 4 rings (SSSR count). The lowest BCUT2D eigenvalue weighted by Gasteiger charge is -2.35.